The summed E-state index contributed by atoms with van der Waals surface area (Å²) in [7, 11) is -8.56. The highest BCUT2D eigenvalue weighted by molar-refractivity contribution is 7.86. The molecule has 10 nitrogen and oxygen atoms in total. The van der Waals surface area contributed by atoms with E-state index in [2.05, 4.69) is 0 Å². The van der Waals surface area contributed by atoms with Crippen molar-refractivity contribution in [1.29, 1.82) is 0 Å². The van der Waals surface area contributed by atoms with Gasteiger partial charge >= 0.3 is 11.9 Å². The van der Waals surface area contributed by atoms with Crippen LogP contribution in [0.3, 0.4) is 0 Å². The zero-order valence-electron chi connectivity index (χ0n) is 10.1. The molecular weight excluding hydrogens is 332 g/mol. The van der Waals surface area contributed by atoms with Crippen LogP contribution in [0.5, 0.6) is 0 Å². The van der Waals surface area contributed by atoms with E-state index in [0.29, 0.717) is 0 Å². The van der Waals surface area contributed by atoms with Crippen LogP contribution in [0.15, 0.2) is 29.2 Å². The van der Waals surface area contributed by atoms with Crippen molar-refractivity contribution in [3.05, 3.63) is 29.8 Å². The van der Waals surface area contributed by atoms with E-state index < -0.39 is 37.9 Å². The number of aromatic carboxylic acids is 1. The third kappa shape index (κ3) is 8.69. The van der Waals surface area contributed by atoms with Crippen LogP contribution in [0.1, 0.15) is 10.4 Å². The molecule has 4 N–H and O–H groups in total. The summed E-state index contributed by atoms with van der Waals surface area (Å²) in [6.45, 7) is 0. The van der Waals surface area contributed by atoms with Crippen molar-refractivity contribution >= 4 is 32.2 Å². The Hall–Kier alpha value is -2.02. The molecule has 0 bridgehead atoms. The van der Waals surface area contributed by atoms with Gasteiger partial charge in [-0.2, -0.15) is 16.8 Å². The minimum absolute atomic E-state index is 0.0348. The van der Waals surface area contributed by atoms with E-state index >= 15 is 0 Å². The van der Waals surface area contributed by atoms with E-state index in [1.807, 2.05) is 0 Å². The number of carboxylic acid groups (broad SMARTS) is 2. The van der Waals surface area contributed by atoms with E-state index in [1.54, 1.807) is 0 Å². The summed E-state index contributed by atoms with van der Waals surface area (Å²) >= 11 is 0. The van der Waals surface area contributed by atoms with E-state index in [0.717, 1.165) is 24.3 Å². The van der Waals surface area contributed by atoms with Gasteiger partial charge in [0.1, 0.15) is 0 Å². The molecule has 0 saturated heterocycles. The summed E-state index contributed by atoms with van der Waals surface area (Å²) in [6.07, 6.45) is 0. The summed E-state index contributed by atoms with van der Waals surface area (Å²) in [5, 5.41) is 16.2. The molecule has 0 fully saturated rings. The van der Waals surface area contributed by atoms with Crippen LogP contribution in [-0.4, -0.2) is 53.8 Å². The Balaban J connectivity index is 0.000000433. The molecule has 1 aromatic rings. The van der Waals surface area contributed by atoms with Crippen molar-refractivity contribution in [2.24, 2.45) is 0 Å². The molecule has 1 rings (SSSR count). The first-order valence-corrected chi connectivity index (χ1v) is 7.85. The van der Waals surface area contributed by atoms with Crippen molar-refractivity contribution in [2.45, 2.75) is 4.90 Å². The minimum atomic E-state index is -4.32. The molecule has 0 radical (unpaired) electrons. The number of aliphatic carboxylic acids is 1. The normalized spacial score (nSPS) is 11.1. The maximum atomic E-state index is 10.5. The van der Waals surface area contributed by atoms with E-state index in [1.165, 1.54) is 0 Å². The Kier molecular flexibility index (Phi) is 6.44. The molecule has 12 heteroatoms. The van der Waals surface area contributed by atoms with Gasteiger partial charge in [0.2, 0.25) is 0 Å². The molecule has 0 aliphatic carbocycles. The Morgan fingerprint density at radius 1 is 0.905 bits per heavy atom. The fourth-order valence-corrected chi connectivity index (χ4v) is 1.72. The molecule has 1 aromatic carbocycles. The second kappa shape index (κ2) is 7.12. The smallest absolute Gasteiger partial charge is 0.335 e. The first-order chi connectivity index (χ1) is 9.33. The molecule has 0 atom stereocenters. The number of carboxylic acids is 2. The van der Waals surface area contributed by atoms with Crippen LogP contribution in [0.4, 0.5) is 0 Å². The lowest BCUT2D eigenvalue weighted by Crippen LogP contribution is -2.13. The summed E-state index contributed by atoms with van der Waals surface area (Å²) in [5.41, 5.74) is -0.0348. The Bertz CT molecular complexity index is 714. The molecule has 21 heavy (non-hydrogen) atoms. The maximum absolute atomic E-state index is 10.5. The van der Waals surface area contributed by atoms with Gasteiger partial charge in [0.25, 0.3) is 20.2 Å². The quantitative estimate of drug-likeness (QED) is 0.524. The molecule has 0 aliphatic rings. The van der Waals surface area contributed by atoms with Gasteiger partial charge in [0.15, 0.2) is 5.75 Å². The molecule has 0 unspecified atom stereocenters. The molecule has 0 aliphatic heterocycles. The third-order valence-corrected chi connectivity index (χ3v) is 3.18. The summed E-state index contributed by atoms with van der Waals surface area (Å²) < 4.78 is 56.6. The largest absolute Gasteiger partial charge is 0.480 e. The van der Waals surface area contributed by atoms with Gasteiger partial charge in [-0.3, -0.25) is 13.9 Å². The summed E-state index contributed by atoms with van der Waals surface area (Å²) in [4.78, 5) is 19.5. The van der Waals surface area contributed by atoms with Crippen LogP contribution < -0.4 is 0 Å². The first kappa shape index (κ1) is 19.0. The zero-order valence-corrected chi connectivity index (χ0v) is 11.7. The maximum Gasteiger partial charge on any atom is 0.335 e. The lowest BCUT2D eigenvalue weighted by molar-refractivity contribution is -0.134. The van der Waals surface area contributed by atoms with Crippen molar-refractivity contribution in [2.75, 3.05) is 5.75 Å². The van der Waals surface area contributed by atoms with Crippen molar-refractivity contribution in [1.82, 2.24) is 0 Å². The van der Waals surface area contributed by atoms with Crippen LogP contribution >= 0.6 is 0 Å². The van der Waals surface area contributed by atoms with Crippen LogP contribution in [0.25, 0.3) is 0 Å². The summed E-state index contributed by atoms with van der Waals surface area (Å²) in [6, 6.07) is 4.26. The highest BCUT2D eigenvalue weighted by atomic mass is 32.2. The Morgan fingerprint density at radius 2 is 1.33 bits per heavy atom. The number of carbonyl (C=O) groups is 2. The van der Waals surface area contributed by atoms with Crippen molar-refractivity contribution < 1.29 is 45.7 Å². The number of hydrogen-bond donors (Lipinski definition) is 4. The third-order valence-electron chi connectivity index (χ3n) is 1.71. The highest BCUT2D eigenvalue weighted by Crippen LogP contribution is 2.09. The molecular formula is C9H10O10S2. The second-order valence-electron chi connectivity index (χ2n) is 3.42. The van der Waals surface area contributed by atoms with Gasteiger partial charge in [-0.15, -0.1) is 0 Å². The Labute approximate surface area is 119 Å². The van der Waals surface area contributed by atoms with E-state index in [-0.39, 0.29) is 10.5 Å². The predicted octanol–water partition coefficient (Wildman–Crippen LogP) is -0.410. The zero-order chi connectivity index (χ0) is 16.8. The number of benzene rings is 1. The molecule has 0 saturated carbocycles. The molecule has 0 heterocycles. The minimum Gasteiger partial charge on any atom is -0.480 e. The lowest BCUT2D eigenvalue weighted by Gasteiger charge is -1.96. The SMILES string of the molecule is O=C(O)CS(=O)(=O)O.O=C(O)c1ccc(S(=O)(=O)O)cc1. The van der Waals surface area contributed by atoms with Gasteiger partial charge in [-0.1, -0.05) is 0 Å². The fourth-order valence-electron chi connectivity index (χ4n) is 0.926. The second-order valence-corrected chi connectivity index (χ2v) is 6.30. The van der Waals surface area contributed by atoms with Crippen LogP contribution in [0.2, 0.25) is 0 Å². The number of hydrogen-bond acceptors (Lipinski definition) is 6. The number of rotatable bonds is 4. The van der Waals surface area contributed by atoms with Crippen molar-refractivity contribution in [3.63, 3.8) is 0 Å². The van der Waals surface area contributed by atoms with Crippen LogP contribution in [-0.2, 0) is 25.0 Å². The molecule has 0 spiro atoms. The molecule has 118 valence electrons. The monoisotopic (exact) mass is 342 g/mol. The highest BCUT2D eigenvalue weighted by Gasteiger charge is 2.10. The standard InChI is InChI=1S/C7H6O5S.C2H4O5S/c8-7(9)5-1-3-6(4-2-5)13(10,11)12;3-2(4)1-8(5,6)7/h1-4H,(H,8,9)(H,10,11,12);1H2,(H,3,4)(H,5,6,7). The van der Waals surface area contributed by atoms with E-state index in [4.69, 9.17) is 19.3 Å². The van der Waals surface area contributed by atoms with Gasteiger partial charge in [-0.05, 0) is 24.3 Å². The van der Waals surface area contributed by atoms with E-state index in [9.17, 15) is 26.4 Å². The first-order valence-electron chi connectivity index (χ1n) is 4.80. The average molecular weight is 342 g/mol. The molecule has 0 amide bonds. The topological polar surface area (TPSA) is 183 Å². The Morgan fingerprint density at radius 3 is 1.52 bits per heavy atom. The van der Waals surface area contributed by atoms with Crippen LogP contribution in [0, 0.1) is 0 Å². The lowest BCUT2D eigenvalue weighted by atomic mass is 10.2. The fraction of sp³-hybridized carbons (Fsp3) is 0.111. The molecule has 0 aromatic heterocycles. The van der Waals surface area contributed by atoms with Gasteiger partial charge in [0.05, 0.1) is 10.5 Å². The van der Waals surface area contributed by atoms with Gasteiger partial charge in [0, 0.05) is 0 Å². The summed E-state index contributed by atoms with van der Waals surface area (Å²) in [5.74, 6) is -3.94. The average Bonchev–Trinajstić information content (AvgIpc) is 2.25. The van der Waals surface area contributed by atoms with Gasteiger partial charge < -0.3 is 10.2 Å². The van der Waals surface area contributed by atoms with Crippen molar-refractivity contribution in [3.8, 4) is 0 Å². The predicted molar refractivity (Wildman–Crippen MR) is 67.3 cm³/mol. The van der Waals surface area contributed by atoms with Gasteiger partial charge in [-0.25, -0.2) is 4.79 Å².